The molecule has 0 aliphatic carbocycles. The Balaban J connectivity index is 2.01. The van der Waals surface area contributed by atoms with Gasteiger partial charge in [0.25, 0.3) is 0 Å². The van der Waals surface area contributed by atoms with Crippen LogP contribution in [0.5, 0.6) is 0 Å². The Labute approximate surface area is 77.4 Å². The van der Waals surface area contributed by atoms with Crippen molar-refractivity contribution in [3.05, 3.63) is 0 Å². The second kappa shape index (κ2) is 3.43. The van der Waals surface area contributed by atoms with E-state index in [0.29, 0.717) is 5.31 Å². The molecule has 2 bridgehead atoms. The third-order valence-electron chi connectivity index (χ3n) is 3.84. The van der Waals surface area contributed by atoms with E-state index in [1.54, 1.807) is 0 Å². The average Bonchev–Trinajstić information content (AvgIpc) is 2.04. The van der Waals surface area contributed by atoms with Crippen molar-refractivity contribution in [1.29, 1.82) is 0 Å². The molecule has 0 aromatic carbocycles. The normalized spacial score (nSPS) is 40.6. The molecule has 0 N–H and O–H groups in total. The van der Waals surface area contributed by atoms with E-state index in [1.165, 1.54) is 51.4 Å². The molecule has 2 rings (SSSR count). The van der Waals surface area contributed by atoms with Gasteiger partial charge in [0.1, 0.15) is 7.28 Å². The molecule has 2 aliphatic rings. The zero-order valence-electron chi connectivity index (χ0n) is 8.31. The largest absolute Gasteiger partial charge is 0.122 e. The Morgan fingerprint density at radius 2 is 1.92 bits per heavy atom. The van der Waals surface area contributed by atoms with Gasteiger partial charge in [0.15, 0.2) is 0 Å². The van der Waals surface area contributed by atoms with Gasteiger partial charge in [-0.2, -0.15) is 0 Å². The molecule has 0 atom stereocenters. The van der Waals surface area contributed by atoms with Crippen LogP contribution < -0.4 is 0 Å². The van der Waals surface area contributed by atoms with Crippen LogP contribution in [-0.2, 0) is 0 Å². The van der Waals surface area contributed by atoms with Crippen molar-refractivity contribution in [3.63, 3.8) is 0 Å². The molecule has 0 saturated carbocycles. The van der Waals surface area contributed by atoms with Crippen molar-refractivity contribution in [2.75, 3.05) is 0 Å². The molecule has 2 saturated heterocycles. The highest BCUT2D eigenvalue weighted by Gasteiger charge is 2.38. The molecule has 0 nitrogen and oxygen atoms in total. The highest BCUT2D eigenvalue weighted by Crippen LogP contribution is 2.53. The van der Waals surface area contributed by atoms with Crippen LogP contribution in [0.2, 0.25) is 11.1 Å². The van der Waals surface area contributed by atoms with Gasteiger partial charge in [0.2, 0.25) is 0 Å². The van der Waals surface area contributed by atoms with E-state index in [1.807, 2.05) is 0 Å². The van der Waals surface area contributed by atoms with Crippen molar-refractivity contribution in [3.8, 4) is 0 Å². The number of hydrogen-bond acceptors (Lipinski definition) is 0. The minimum atomic E-state index is 0.704. The summed E-state index contributed by atoms with van der Waals surface area (Å²) in [6.45, 7) is 2.33. The maximum Gasteiger partial charge on any atom is 0.122 e. The smallest absolute Gasteiger partial charge is 0.0682 e. The van der Waals surface area contributed by atoms with Gasteiger partial charge in [0.05, 0.1) is 0 Å². The molecule has 2 heterocycles. The predicted molar refractivity (Wildman–Crippen MR) is 54.8 cm³/mol. The van der Waals surface area contributed by atoms with E-state index in [0.717, 1.165) is 5.82 Å². The Bertz CT molecular complexity index is 138. The Morgan fingerprint density at radius 1 is 1.25 bits per heavy atom. The summed E-state index contributed by atoms with van der Waals surface area (Å²) in [5, 5.41) is 0.704. The summed E-state index contributed by atoms with van der Waals surface area (Å²) in [4.78, 5) is 0. The monoisotopic (exact) mass is 163 g/mol. The standard InChI is InChI=1S/C11H20B/c1-2-7-11-8-3-5-10(12-11)6-4-9-11/h10H,2-9H2,1H3. The first-order valence-electron chi connectivity index (χ1n) is 5.71. The zero-order valence-corrected chi connectivity index (χ0v) is 8.31. The van der Waals surface area contributed by atoms with Gasteiger partial charge in [-0.15, -0.1) is 0 Å². The van der Waals surface area contributed by atoms with E-state index in [-0.39, 0.29) is 0 Å². The molecule has 0 amide bonds. The Morgan fingerprint density at radius 3 is 2.50 bits per heavy atom. The lowest BCUT2D eigenvalue weighted by Gasteiger charge is -2.44. The molecular weight excluding hydrogens is 143 g/mol. The molecule has 1 radical (unpaired) electrons. The number of rotatable bonds is 2. The van der Waals surface area contributed by atoms with Gasteiger partial charge < -0.3 is 0 Å². The topological polar surface area (TPSA) is 0 Å². The van der Waals surface area contributed by atoms with Crippen LogP contribution in [-0.4, -0.2) is 7.28 Å². The van der Waals surface area contributed by atoms with Gasteiger partial charge in [-0.25, -0.2) is 0 Å². The number of hydrogen-bond donors (Lipinski definition) is 0. The maximum atomic E-state index is 2.73. The third-order valence-corrected chi connectivity index (χ3v) is 3.84. The predicted octanol–water partition coefficient (Wildman–Crippen LogP) is 3.81. The summed E-state index contributed by atoms with van der Waals surface area (Å²) in [6, 6.07) is 0. The first kappa shape index (κ1) is 8.65. The van der Waals surface area contributed by atoms with Crippen LogP contribution >= 0.6 is 0 Å². The minimum absolute atomic E-state index is 0.704. The molecule has 0 aromatic rings. The first-order valence-corrected chi connectivity index (χ1v) is 5.71. The zero-order chi connectivity index (χ0) is 8.44. The van der Waals surface area contributed by atoms with Gasteiger partial charge in [-0.3, -0.25) is 0 Å². The molecule has 0 spiro atoms. The van der Waals surface area contributed by atoms with Crippen LogP contribution in [0.4, 0.5) is 0 Å². The van der Waals surface area contributed by atoms with Gasteiger partial charge in [-0.1, -0.05) is 69.4 Å². The quantitative estimate of drug-likeness (QED) is 0.543. The van der Waals surface area contributed by atoms with Gasteiger partial charge >= 0.3 is 0 Å². The van der Waals surface area contributed by atoms with Gasteiger partial charge in [-0.05, 0) is 0 Å². The SMILES string of the molecule is CCCC12[B]C(CCC1)CCC2. The Hall–Kier alpha value is 0.0649. The summed E-state index contributed by atoms with van der Waals surface area (Å²) >= 11 is 0. The van der Waals surface area contributed by atoms with Crippen LogP contribution in [0, 0.1) is 0 Å². The van der Waals surface area contributed by atoms with E-state index < -0.39 is 0 Å². The fraction of sp³-hybridized carbons (Fsp3) is 1.00. The summed E-state index contributed by atoms with van der Waals surface area (Å²) < 4.78 is 0. The first-order chi connectivity index (χ1) is 5.85. The molecule has 2 aliphatic heterocycles. The third kappa shape index (κ3) is 1.55. The summed E-state index contributed by atoms with van der Waals surface area (Å²) in [6.07, 6.45) is 11.8. The lowest BCUT2D eigenvalue weighted by molar-refractivity contribution is 0.330. The van der Waals surface area contributed by atoms with E-state index in [2.05, 4.69) is 14.2 Å². The lowest BCUT2D eigenvalue weighted by Crippen LogP contribution is -2.32. The summed E-state index contributed by atoms with van der Waals surface area (Å²) in [5.41, 5.74) is 0. The van der Waals surface area contributed by atoms with Crippen LogP contribution in [0.25, 0.3) is 0 Å². The van der Waals surface area contributed by atoms with Crippen molar-refractivity contribution < 1.29 is 0 Å². The lowest BCUT2D eigenvalue weighted by atomic mass is 9.35. The van der Waals surface area contributed by atoms with E-state index >= 15 is 0 Å². The van der Waals surface area contributed by atoms with Crippen molar-refractivity contribution in [1.82, 2.24) is 0 Å². The highest BCUT2D eigenvalue weighted by molar-refractivity contribution is 6.42. The van der Waals surface area contributed by atoms with Crippen molar-refractivity contribution in [2.45, 2.75) is 69.4 Å². The average molecular weight is 163 g/mol. The van der Waals surface area contributed by atoms with E-state index in [4.69, 9.17) is 0 Å². The fourth-order valence-electron chi connectivity index (χ4n) is 3.37. The fourth-order valence-corrected chi connectivity index (χ4v) is 3.37. The second-order valence-electron chi connectivity index (χ2n) is 4.82. The summed E-state index contributed by atoms with van der Waals surface area (Å²) in [5.74, 6) is 0.999. The van der Waals surface area contributed by atoms with Crippen LogP contribution in [0.1, 0.15) is 58.3 Å². The molecular formula is C11H20B. The summed E-state index contributed by atoms with van der Waals surface area (Å²) in [7, 11) is 2.73. The van der Waals surface area contributed by atoms with Crippen molar-refractivity contribution >= 4 is 7.28 Å². The van der Waals surface area contributed by atoms with Gasteiger partial charge in [0, 0.05) is 0 Å². The molecule has 1 heteroatoms. The van der Waals surface area contributed by atoms with Crippen LogP contribution in [0.3, 0.4) is 0 Å². The van der Waals surface area contributed by atoms with Crippen LogP contribution in [0.15, 0.2) is 0 Å². The molecule has 2 fully saturated rings. The van der Waals surface area contributed by atoms with Crippen molar-refractivity contribution in [2.24, 2.45) is 0 Å². The molecule has 0 unspecified atom stereocenters. The highest BCUT2D eigenvalue weighted by atomic mass is 14.3. The molecule has 67 valence electrons. The maximum absolute atomic E-state index is 2.73. The molecule has 12 heavy (non-hydrogen) atoms. The molecule has 0 aromatic heterocycles. The van der Waals surface area contributed by atoms with E-state index in [9.17, 15) is 0 Å². The number of fused-ring (bicyclic) bond motifs is 2. The minimum Gasteiger partial charge on any atom is -0.0682 e. The second-order valence-corrected chi connectivity index (χ2v) is 4.82. The Kier molecular flexibility index (Phi) is 2.48.